The maximum atomic E-state index is 12.0. The first-order chi connectivity index (χ1) is 10.0. The summed E-state index contributed by atoms with van der Waals surface area (Å²) in [5.41, 5.74) is 7.19. The number of nitrogens with two attached hydrogens (primary N) is 1. The van der Waals surface area contributed by atoms with Crippen molar-refractivity contribution in [3.05, 3.63) is 18.2 Å². The van der Waals surface area contributed by atoms with Crippen molar-refractivity contribution in [3.63, 3.8) is 0 Å². The fourth-order valence-electron chi connectivity index (χ4n) is 2.45. The van der Waals surface area contributed by atoms with Gasteiger partial charge in [-0.25, -0.2) is 4.98 Å². The molecule has 0 spiro atoms. The highest BCUT2D eigenvalue weighted by Gasteiger charge is 2.27. The minimum atomic E-state index is -0.218. The molecule has 3 rings (SSSR count). The van der Waals surface area contributed by atoms with Gasteiger partial charge in [0.2, 0.25) is 11.8 Å². The van der Waals surface area contributed by atoms with Gasteiger partial charge in [-0.2, -0.15) is 0 Å². The second-order valence-corrected chi connectivity index (χ2v) is 6.41. The van der Waals surface area contributed by atoms with E-state index >= 15 is 0 Å². The van der Waals surface area contributed by atoms with E-state index in [-0.39, 0.29) is 18.4 Å². The number of amides is 2. The number of anilines is 2. The van der Waals surface area contributed by atoms with Crippen LogP contribution >= 0.6 is 11.3 Å². The van der Waals surface area contributed by atoms with Gasteiger partial charge in [0.1, 0.15) is 0 Å². The number of hydrogen-bond acceptors (Lipinski definition) is 5. The zero-order valence-electron chi connectivity index (χ0n) is 11.6. The molecule has 1 aromatic carbocycles. The molecule has 0 bridgehead atoms. The van der Waals surface area contributed by atoms with Gasteiger partial charge in [-0.15, -0.1) is 0 Å². The fraction of sp³-hybridized carbons (Fsp3) is 0.357. The lowest BCUT2D eigenvalue weighted by atomic mass is 10.2. The summed E-state index contributed by atoms with van der Waals surface area (Å²) in [7, 11) is 0. The Morgan fingerprint density at radius 3 is 3.10 bits per heavy atom. The number of likely N-dealkylation sites (tertiary alicyclic amines) is 1. The maximum Gasteiger partial charge on any atom is 0.245 e. The molecule has 1 saturated heterocycles. The molecule has 21 heavy (non-hydrogen) atoms. The lowest BCUT2D eigenvalue weighted by Crippen LogP contribution is -2.34. The topological polar surface area (TPSA) is 88.3 Å². The molecule has 6 nitrogen and oxygen atoms in total. The Labute approximate surface area is 125 Å². The van der Waals surface area contributed by atoms with E-state index in [9.17, 15) is 9.59 Å². The number of rotatable bonds is 3. The summed E-state index contributed by atoms with van der Waals surface area (Å²) in [6.07, 6.45) is 0.522. The minimum absolute atomic E-state index is 0.0368. The number of carbonyl (C=O) groups excluding carboxylic acids is 2. The van der Waals surface area contributed by atoms with Gasteiger partial charge >= 0.3 is 0 Å². The van der Waals surface area contributed by atoms with Gasteiger partial charge < -0.3 is 16.0 Å². The number of carbonyl (C=O) groups is 2. The molecule has 1 aromatic heterocycles. The van der Waals surface area contributed by atoms with Gasteiger partial charge in [-0.1, -0.05) is 18.3 Å². The molecule has 0 aliphatic carbocycles. The molecule has 2 heterocycles. The lowest BCUT2D eigenvalue weighted by Gasteiger charge is -2.14. The molecule has 0 radical (unpaired) electrons. The average molecular weight is 304 g/mol. The number of aromatic nitrogens is 1. The van der Waals surface area contributed by atoms with Crippen LogP contribution in [0.3, 0.4) is 0 Å². The molecule has 3 N–H and O–H groups in total. The Bertz CT molecular complexity index is 712. The third-order valence-electron chi connectivity index (χ3n) is 3.40. The van der Waals surface area contributed by atoms with E-state index in [0.29, 0.717) is 29.7 Å². The molecule has 110 valence electrons. The van der Waals surface area contributed by atoms with Crippen LogP contribution in [-0.4, -0.2) is 34.8 Å². The van der Waals surface area contributed by atoms with Crippen LogP contribution in [0.15, 0.2) is 18.2 Å². The summed E-state index contributed by atoms with van der Waals surface area (Å²) < 4.78 is 0.927. The molecule has 0 saturated carbocycles. The highest BCUT2D eigenvalue weighted by Crippen LogP contribution is 2.27. The number of hydrogen-bond donors (Lipinski definition) is 2. The standard InChI is InChI=1S/C14H16N4O2S/c1-8-4-13(20)18(6-8)7-12(19)17-14-16-10-3-2-9(15)5-11(10)21-14/h2-3,5,8H,4,6-7,15H2,1H3,(H,16,17,19). The van der Waals surface area contributed by atoms with Crippen molar-refractivity contribution in [1.29, 1.82) is 0 Å². The quantitative estimate of drug-likeness (QED) is 0.845. The van der Waals surface area contributed by atoms with Gasteiger partial charge in [0.05, 0.1) is 16.8 Å². The maximum absolute atomic E-state index is 12.0. The van der Waals surface area contributed by atoms with Gasteiger partial charge in [0.25, 0.3) is 0 Å². The zero-order chi connectivity index (χ0) is 15.0. The monoisotopic (exact) mass is 304 g/mol. The van der Waals surface area contributed by atoms with Gasteiger partial charge in [-0.3, -0.25) is 9.59 Å². The summed E-state index contributed by atoms with van der Waals surface area (Å²) in [4.78, 5) is 29.6. The summed E-state index contributed by atoms with van der Waals surface area (Å²) in [6.45, 7) is 2.73. The SMILES string of the molecule is CC1CC(=O)N(CC(=O)Nc2nc3ccc(N)cc3s2)C1. The van der Waals surface area contributed by atoms with Crippen LogP contribution in [0.2, 0.25) is 0 Å². The van der Waals surface area contributed by atoms with Gasteiger partial charge in [0.15, 0.2) is 5.13 Å². The minimum Gasteiger partial charge on any atom is -0.399 e. The normalized spacial score (nSPS) is 18.4. The van der Waals surface area contributed by atoms with Crippen LogP contribution < -0.4 is 11.1 Å². The van der Waals surface area contributed by atoms with Crippen LogP contribution in [0.1, 0.15) is 13.3 Å². The van der Waals surface area contributed by atoms with Gasteiger partial charge in [-0.05, 0) is 24.1 Å². The molecule has 2 amide bonds. The molecule has 2 aromatic rings. The number of nitrogens with zero attached hydrogens (tertiary/aromatic N) is 2. The molecule has 1 atom stereocenters. The van der Waals surface area contributed by atoms with Crippen LogP contribution in [0.5, 0.6) is 0 Å². The van der Waals surface area contributed by atoms with Crippen molar-refractivity contribution in [2.75, 3.05) is 24.1 Å². The third kappa shape index (κ3) is 2.97. The number of fused-ring (bicyclic) bond motifs is 1. The number of thiazole rings is 1. The van der Waals surface area contributed by atoms with Crippen LogP contribution in [-0.2, 0) is 9.59 Å². The Morgan fingerprint density at radius 2 is 2.38 bits per heavy atom. The van der Waals surface area contributed by atoms with E-state index in [0.717, 1.165) is 10.2 Å². The van der Waals surface area contributed by atoms with Crippen molar-refractivity contribution in [1.82, 2.24) is 9.88 Å². The highest BCUT2D eigenvalue weighted by atomic mass is 32.1. The predicted molar refractivity (Wildman–Crippen MR) is 83.0 cm³/mol. The molecule has 1 unspecified atom stereocenters. The first-order valence-electron chi connectivity index (χ1n) is 6.75. The second-order valence-electron chi connectivity index (χ2n) is 5.38. The van der Waals surface area contributed by atoms with Crippen molar-refractivity contribution in [2.45, 2.75) is 13.3 Å². The summed E-state index contributed by atoms with van der Waals surface area (Å²) in [5, 5.41) is 3.27. The van der Waals surface area contributed by atoms with Crippen molar-refractivity contribution in [3.8, 4) is 0 Å². The Balaban J connectivity index is 1.67. The van der Waals surface area contributed by atoms with Crippen molar-refractivity contribution in [2.24, 2.45) is 5.92 Å². The number of nitrogens with one attached hydrogen (secondary N) is 1. The molecular weight excluding hydrogens is 288 g/mol. The average Bonchev–Trinajstić information content (AvgIpc) is 2.91. The van der Waals surface area contributed by atoms with E-state index in [4.69, 9.17) is 5.73 Å². The Kier molecular flexibility index (Phi) is 3.50. The fourth-order valence-corrected chi connectivity index (χ4v) is 3.38. The Morgan fingerprint density at radius 1 is 1.57 bits per heavy atom. The van der Waals surface area contributed by atoms with E-state index in [1.54, 1.807) is 11.0 Å². The van der Waals surface area contributed by atoms with Crippen molar-refractivity contribution >= 4 is 44.2 Å². The van der Waals surface area contributed by atoms with E-state index in [1.807, 2.05) is 19.1 Å². The summed E-state index contributed by atoms with van der Waals surface area (Å²) >= 11 is 1.37. The summed E-state index contributed by atoms with van der Waals surface area (Å²) in [6, 6.07) is 5.43. The largest absolute Gasteiger partial charge is 0.399 e. The second kappa shape index (κ2) is 5.33. The van der Waals surface area contributed by atoms with Crippen LogP contribution in [0.4, 0.5) is 10.8 Å². The summed E-state index contributed by atoms with van der Waals surface area (Å²) in [5.74, 6) is 0.134. The van der Waals surface area contributed by atoms with E-state index in [2.05, 4.69) is 10.3 Å². The van der Waals surface area contributed by atoms with Crippen molar-refractivity contribution < 1.29 is 9.59 Å². The molecule has 7 heteroatoms. The molecular formula is C14H16N4O2S. The number of nitrogen functional groups attached to an aromatic ring is 1. The first-order valence-corrected chi connectivity index (χ1v) is 7.56. The van der Waals surface area contributed by atoms with Crippen LogP contribution in [0.25, 0.3) is 10.2 Å². The smallest absolute Gasteiger partial charge is 0.245 e. The van der Waals surface area contributed by atoms with E-state index in [1.165, 1.54) is 11.3 Å². The molecule has 1 fully saturated rings. The number of benzene rings is 1. The van der Waals surface area contributed by atoms with Crippen LogP contribution in [0, 0.1) is 5.92 Å². The molecule has 1 aliphatic rings. The lowest BCUT2D eigenvalue weighted by molar-refractivity contribution is -0.131. The van der Waals surface area contributed by atoms with E-state index < -0.39 is 0 Å². The molecule has 1 aliphatic heterocycles. The third-order valence-corrected chi connectivity index (χ3v) is 4.33. The first kappa shape index (κ1) is 13.8. The van der Waals surface area contributed by atoms with Gasteiger partial charge in [0, 0.05) is 18.7 Å². The zero-order valence-corrected chi connectivity index (χ0v) is 12.4. The highest BCUT2D eigenvalue weighted by molar-refractivity contribution is 7.22. The predicted octanol–water partition coefficient (Wildman–Crippen LogP) is 1.69. The Hall–Kier alpha value is -2.15.